The van der Waals surface area contributed by atoms with Crippen molar-refractivity contribution in [2.75, 3.05) is 0 Å². The van der Waals surface area contributed by atoms with Crippen LogP contribution in [0.5, 0.6) is 5.75 Å². The zero-order chi connectivity index (χ0) is 16.8. The van der Waals surface area contributed by atoms with Crippen LogP contribution >= 0.6 is 11.6 Å². The number of carbonyl (C=O) groups excluding carboxylic acids is 2. The number of halogens is 1. The van der Waals surface area contributed by atoms with Crippen molar-refractivity contribution in [3.05, 3.63) is 65.2 Å². The van der Waals surface area contributed by atoms with Crippen LogP contribution in [0.15, 0.2) is 54.6 Å². The van der Waals surface area contributed by atoms with Crippen LogP contribution in [-0.2, 0) is 9.53 Å². The number of esters is 1. The second kappa shape index (κ2) is 7.79. The number of hydrogen-bond donors (Lipinski definition) is 0. The van der Waals surface area contributed by atoms with Gasteiger partial charge in [0.15, 0.2) is 12.2 Å². The normalized spacial score (nSPS) is 13.0. The lowest BCUT2D eigenvalue weighted by atomic mass is 10.1. The number of ketones is 1. The van der Waals surface area contributed by atoms with Crippen LogP contribution in [0.25, 0.3) is 0 Å². The lowest BCUT2D eigenvalue weighted by Crippen LogP contribution is -2.32. The zero-order valence-corrected chi connectivity index (χ0v) is 13.6. The molecule has 0 aromatic heterocycles. The van der Waals surface area contributed by atoms with E-state index in [1.54, 1.807) is 62.4 Å². The number of ether oxygens (including phenoxy) is 2. The van der Waals surface area contributed by atoms with Gasteiger partial charge in [-0.25, -0.2) is 4.79 Å². The molecule has 23 heavy (non-hydrogen) atoms. The fraction of sp³-hybridized carbons (Fsp3) is 0.222. The Morgan fingerprint density at radius 1 is 0.913 bits per heavy atom. The summed E-state index contributed by atoms with van der Waals surface area (Å²) in [6.45, 7) is 3.11. The van der Waals surface area contributed by atoms with Crippen molar-refractivity contribution >= 4 is 23.4 Å². The molecule has 0 saturated heterocycles. The molecule has 0 saturated carbocycles. The Labute approximate surface area is 140 Å². The van der Waals surface area contributed by atoms with Gasteiger partial charge >= 0.3 is 5.97 Å². The highest BCUT2D eigenvalue weighted by atomic mass is 35.5. The average Bonchev–Trinajstić information content (AvgIpc) is 2.56. The van der Waals surface area contributed by atoms with E-state index in [-0.39, 0.29) is 5.78 Å². The maximum Gasteiger partial charge on any atom is 0.347 e. The molecule has 120 valence electrons. The molecule has 2 aromatic rings. The minimum Gasteiger partial charge on any atom is -0.479 e. The summed E-state index contributed by atoms with van der Waals surface area (Å²) < 4.78 is 10.7. The van der Waals surface area contributed by atoms with Crippen molar-refractivity contribution in [2.45, 2.75) is 26.1 Å². The fourth-order valence-corrected chi connectivity index (χ4v) is 2.05. The molecular formula is C18H17ClO4. The summed E-state index contributed by atoms with van der Waals surface area (Å²) in [5, 5.41) is 0.578. The van der Waals surface area contributed by atoms with Gasteiger partial charge in [-0.15, -0.1) is 0 Å². The molecule has 0 N–H and O–H groups in total. The van der Waals surface area contributed by atoms with Gasteiger partial charge in [0.25, 0.3) is 0 Å². The molecule has 0 aliphatic rings. The summed E-state index contributed by atoms with van der Waals surface area (Å²) in [4.78, 5) is 24.2. The first kappa shape index (κ1) is 17.0. The van der Waals surface area contributed by atoms with Crippen molar-refractivity contribution in [1.82, 2.24) is 0 Å². The van der Waals surface area contributed by atoms with Gasteiger partial charge in [-0.3, -0.25) is 4.79 Å². The molecule has 0 bridgehead atoms. The predicted octanol–water partition coefficient (Wildman–Crippen LogP) is 3.92. The van der Waals surface area contributed by atoms with E-state index < -0.39 is 18.2 Å². The largest absolute Gasteiger partial charge is 0.479 e. The summed E-state index contributed by atoms with van der Waals surface area (Å²) in [5.41, 5.74) is 0.499. The minimum absolute atomic E-state index is 0.252. The van der Waals surface area contributed by atoms with E-state index in [0.717, 1.165) is 0 Å². The average molecular weight is 333 g/mol. The van der Waals surface area contributed by atoms with Gasteiger partial charge in [0.2, 0.25) is 5.78 Å². The third-order valence-electron chi connectivity index (χ3n) is 3.18. The minimum atomic E-state index is -0.874. The second-order valence-corrected chi connectivity index (χ2v) is 5.46. The monoisotopic (exact) mass is 332 g/mol. The summed E-state index contributed by atoms with van der Waals surface area (Å²) in [7, 11) is 0. The van der Waals surface area contributed by atoms with Crippen LogP contribution in [0.3, 0.4) is 0 Å². The van der Waals surface area contributed by atoms with Crippen LogP contribution in [-0.4, -0.2) is 24.0 Å². The van der Waals surface area contributed by atoms with Crippen LogP contribution in [0.2, 0.25) is 5.02 Å². The predicted molar refractivity (Wildman–Crippen MR) is 87.9 cm³/mol. The Kier molecular flexibility index (Phi) is 5.77. The van der Waals surface area contributed by atoms with E-state index in [2.05, 4.69) is 0 Å². The molecule has 5 heteroatoms. The molecule has 0 amide bonds. The Morgan fingerprint density at radius 3 is 2.13 bits per heavy atom. The molecular weight excluding hydrogens is 316 g/mol. The number of hydrogen-bond acceptors (Lipinski definition) is 4. The SMILES string of the molecule is C[C@H](Oc1ccc(Cl)cc1)C(=O)O[C@H](C)C(=O)c1ccccc1. The van der Waals surface area contributed by atoms with Crippen molar-refractivity contribution in [3.63, 3.8) is 0 Å². The molecule has 2 rings (SSSR count). The Morgan fingerprint density at radius 2 is 1.52 bits per heavy atom. The maximum atomic E-state index is 12.2. The summed E-state index contributed by atoms with van der Waals surface area (Å²) in [6.07, 6.45) is -1.71. The molecule has 4 nitrogen and oxygen atoms in total. The van der Waals surface area contributed by atoms with E-state index in [1.807, 2.05) is 6.07 Å². The number of Topliss-reactive ketones (excluding diaryl/α,β-unsaturated/α-hetero) is 1. The number of rotatable bonds is 6. The third-order valence-corrected chi connectivity index (χ3v) is 3.43. The Balaban J connectivity index is 1.92. The molecule has 0 unspecified atom stereocenters. The van der Waals surface area contributed by atoms with Crippen molar-refractivity contribution in [1.29, 1.82) is 0 Å². The summed E-state index contributed by atoms with van der Waals surface area (Å²) in [6, 6.07) is 15.3. The first-order valence-electron chi connectivity index (χ1n) is 7.19. The van der Waals surface area contributed by atoms with E-state index >= 15 is 0 Å². The third kappa shape index (κ3) is 4.83. The first-order chi connectivity index (χ1) is 11.0. The smallest absolute Gasteiger partial charge is 0.347 e. The van der Waals surface area contributed by atoms with Crippen molar-refractivity contribution < 1.29 is 19.1 Å². The van der Waals surface area contributed by atoms with Gasteiger partial charge in [-0.2, -0.15) is 0 Å². The van der Waals surface area contributed by atoms with Crippen LogP contribution < -0.4 is 4.74 Å². The second-order valence-electron chi connectivity index (χ2n) is 5.02. The molecule has 0 heterocycles. The van der Waals surface area contributed by atoms with Gasteiger partial charge in [0.05, 0.1) is 0 Å². The lowest BCUT2D eigenvalue weighted by Gasteiger charge is -2.17. The van der Waals surface area contributed by atoms with Gasteiger partial charge in [-0.05, 0) is 38.1 Å². The first-order valence-corrected chi connectivity index (χ1v) is 7.57. The molecule has 0 aliphatic heterocycles. The highest BCUT2D eigenvalue weighted by molar-refractivity contribution is 6.30. The fourth-order valence-electron chi connectivity index (χ4n) is 1.93. The zero-order valence-electron chi connectivity index (χ0n) is 12.9. The van der Waals surface area contributed by atoms with Crippen LogP contribution in [0.1, 0.15) is 24.2 Å². The van der Waals surface area contributed by atoms with Gasteiger partial charge in [-0.1, -0.05) is 41.9 Å². The summed E-state index contributed by atoms with van der Waals surface area (Å²) >= 11 is 5.79. The molecule has 0 fully saturated rings. The summed E-state index contributed by atoms with van der Waals surface area (Å²) in [5.74, 6) is -0.352. The van der Waals surface area contributed by atoms with E-state index in [0.29, 0.717) is 16.3 Å². The number of benzene rings is 2. The molecule has 0 aliphatic carbocycles. The van der Waals surface area contributed by atoms with Crippen molar-refractivity contribution in [2.24, 2.45) is 0 Å². The highest BCUT2D eigenvalue weighted by Crippen LogP contribution is 2.17. The molecule has 0 radical (unpaired) electrons. The van der Waals surface area contributed by atoms with Gasteiger partial charge < -0.3 is 9.47 Å². The standard InChI is InChI=1S/C18H17ClO4/c1-12(17(20)14-6-4-3-5-7-14)23-18(21)13(2)22-16-10-8-15(19)9-11-16/h3-13H,1-2H3/t12-,13+/m1/s1. The molecule has 0 spiro atoms. The van der Waals surface area contributed by atoms with Crippen molar-refractivity contribution in [3.8, 4) is 5.75 Å². The quantitative estimate of drug-likeness (QED) is 0.594. The Bertz CT molecular complexity index is 667. The van der Waals surface area contributed by atoms with Gasteiger partial charge in [0.1, 0.15) is 5.75 Å². The molecule has 2 atom stereocenters. The van der Waals surface area contributed by atoms with E-state index in [9.17, 15) is 9.59 Å². The van der Waals surface area contributed by atoms with Crippen LogP contribution in [0, 0.1) is 0 Å². The Hall–Kier alpha value is -2.33. The number of carbonyl (C=O) groups is 2. The maximum absolute atomic E-state index is 12.2. The van der Waals surface area contributed by atoms with Gasteiger partial charge in [0, 0.05) is 10.6 Å². The highest BCUT2D eigenvalue weighted by Gasteiger charge is 2.23. The van der Waals surface area contributed by atoms with Crippen LogP contribution in [0.4, 0.5) is 0 Å². The van der Waals surface area contributed by atoms with E-state index in [4.69, 9.17) is 21.1 Å². The topological polar surface area (TPSA) is 52.6 Å². The lowest BCUT2D eigenvalue weighted by molar-refractivity contribution is -0.153. The molecule has 2 aromatic carbocycles. The van der Waals surface area contributed by atoms with E-state index in [1.165, 1.54) is 0 Å².